The van der Waals surface area contributed by atoms with E-state index in [1.54, 1.807) is 42.5 Å². The molecule has 0 bridgehead atoms. The minimum absolute atomic E-state index is 0.117. The molecule has 1 fully saturated rings. The van der Waals surface area contributed by atoms with E-state index >= 15 is 0 Å². The summed E-state index contributed by atoms with van der Waals surface area (Å²) >= 11 is 6.20. The Kier molecular flexibility index (Phi) is 8.31. The highest BCUT2D eigenvalue weighted by molar-refractivity contribution is 7.92. The molecule has 3 rings (SSSR count). The zero-order valence-electron chi connectivity index (χ0n) is 17.6. The highest BCUT2D eigenvalue weighted by Gasteiger charge is 2.19. The van der Waals surface area contributed by atoms with E-state index in [1.807, 2.05) is 6.07 Å². The van der Waals surface area contributed by atoms with Crippen molar-refractivity contribution in [2.45, 2.75) is 13.0 Å². The van der Waals surface area contributed by atoms with Crippen LogP contribution in [0.15, 0.2) is 48.5 Å². The molecule has 1 heterocycles. The van der Waals surface area contributed by atoms with Crippen molar-refractivity contribution in [1.82, 2.24) is 10.2 Å². The van der Waals surface area contributed by atoms with Gasteiger partial charge in [-0.25, -0.2) is 8.42 Å². The molecule has 9 heteroatoms. The standard InChI is InChI=1S/C22H28ClN3O4S/c1-31(28,29)26(17-19-5-2-3-6-21(19)23)20-9-7-18(8-10-20)22(27)24-11-4-12-25-13-15-30-16-14-25/h2-3,5-10H,4,11-17H2,1H3,(H,24,27). The molecule has 1 saturated heterocycles. The van der Waals surface area contributed by atoms with Gasteiger partial charge in [-0.05, 0) is 48.9 Å². The van der Waals surface area contributed by atoms with Crippen molar-refractivity contribution >= 4 is 33.2 Å². The van der Waals surface area contributed by atoms with Crippen LogP contribution >= 0.6 is 11.6 Å². The molecule has 1 amide bonds. The second kappa shape index (κ2) is 10.9. The Hall–Kier alpha value is -2.13. The molecule has 7 nitrogen and oxygen atoms in total. The van der Waals surface area contributed by atoms with E-state index in [0.717, 1.165) is 45.5 Å². The summed E-state index contributed by atoms with van der Waals surface area (Å²) in [5.74, 6) is -0.175. The third-order valence-electron chi connectivity index (χ3n) is 5.13. The molecule has 0 aromatic heterocycles. The summed E-state index contributed by atoms with van der Waals surface area (Å²) in [5, 5.41) is 3.42. The Labute approximate surface area is 189 Å². The number of rotatable bonds is 9. The van der Waals surface area contributed by atoms with Crippen molar-refractivity contribution in [2.24, 2.45) is 0 Å². The lowest BCUT2D eigenvalue weighted by Gasteiger charge is -2.26. The van der Waals surface area contributed by atoms with Crippen LogP contribution in [-0.4, -0.2) is 64.9 Å². The van der Waals surface area contributed by atoms with E-state index in [0.29, 0.717) is 28.4 Å². The Morgan fingerprint density at radius 1 is 1.13 bits per heavy atom. The van der Waals surface area contributed by atoms with Crippen LogP contribution in [0.25, 0.3) is 0 Å². The molecular weight excluding hydrogens is 438 g/mol. The quantitative estimate of drug-likeness (QED) is 0.576. The summed E-state index contributed by atoms with van der Waals surface area (Å²) in [5.41, 5.74) is 1.67. The highest BCUT2D eigenvalue weighted by Crippen LogP contribution is 2.24. The van der Waals surface area contributed by atoms with Crippen LogP contribution in [-0.2, 0) is 21.3 Å². The smallest absolute Gasteiger partial charge is 0.251 e. The van der Waals surface area contributed by atoms with E-state index in [1.165, 1.54) is 4.31 Å². The Balaban J connectivity index is 1.58. The lowest BCUT2D eigenvalue weighted by molar-refractivity contribution is 0.0374. The molecule has 1 aliphatic heterocycles. The number of carbonyl (C=O) groups excluding carboxylic acids is 1. The van der Waals surface area contributed by atoms with Crippen molar-refractivity contribution in [3.05, 3.63) is 64.7 Å². The van der Waals surface area contributed by atoms with Gasteiger partial charge >= 0.3 is 0 Å². The first kappa shape index (κ1) is 23.5. The van der Waals surface area contributed by atoms with Gasteiger partial charge in [0.25, 0.3) is 5.91 Å². The van der Waals surface area contributed by atoms with Gasteiger partial charge in [0.2, 0.25) is 10.0 Å². The molecule has 0 aliphatic carbocycles. The first-order valence-electron chi connectivity index (χ1n) is 10.2. The summed E-state index contributed by atoms with van der Waals surface area (Å²) in [6.45, 7) is 5.01. The number of hydrogen-bond acceptors (Lipinski definition) is 5. The zero-order chi connectivity index (χ0) is 22.3. The molecule has 0 radical (unpaired) electrons. The normalized spacial score (nSPS) is 14.9. The van der Waals surface area contributed by atoms with Crippen LogP contribution in [0.4, 0.5) is 5.69 Å². The van der Waals surface area contributed by atoms with Gasteiger partial charge in [-0.2, -0.15) is 0 Å². The average Bonchev–Trinajstić information content (AvgIpc) is 2.76. The number of amides is 1. The lowest BCUT2D eigenvalue weighted by Crippen LogP contribution is -2.38. The third-order valence-corrected chi connectivity index (χ3v) is 6.64. The fourth-order valence-corrected chi connectivity index (χ4v) is 4.47. The first-order chi connectivity index (χ1) is 14.8. The number of halogens is 1. The van der Waals surface area contributed by atoms with Crippen molar-refractivity contribution in [3.8, 4) is 0 Å². The van der Waals surface area contributed by atoms with E-state index in [-0.39, 0.29) is 12.5 Å². The molecule has 31 heavy (non-hydrogen) atoms. The number of carbonyl (C=O) groups is 1. The molecule has 168 valence electrons. The summed E-state index contributed by atoms with van der Waals surface area (Å²) in [6.07, 6.45) is 2.02. The molecule has 2 aromatic rings. The first-order valence-corrected chi connectivity index (χ1v) is 12.5. The van der Waals surface area contributed by atoms with Gasteiger partial charge in [0.05, 0.1) is 31.7 Å². The van der Waals surface area contributed by atoms with Crippen LogP contribution in [0.5, 0.6) is 0 Å². The molecule has 2 aromatic carbocycles. The van der Waals surface area contributed by atoms with Gasteiger partial charge in [0, 0.05) is 30.2 Å². The molecule has 0 unspecified atom stereocenters. The number of nitrogens with zero attached hydrogens (tertiary/aromatic N) is 2. The van der Waals surface area contributed by atoms with Crippen LogP contribution in [0.2, 0.25) is 5.02 Å². The van der Waals surface area contributed by atoms with Crippen LogP contribution in [0.3, 0.4) is 0 Å². The largest absolute Gasteiger partial charge is 0.379 e. The minimum Gasteiger partial charge on any atom is -0.379 e. The van der Waals surface area contributed by atoms with E-state index in [2.05, 4.69) is 10.2 Å². The molecule has 1 N–H and O–H groups in total. The molecular formula is C22H28ClN3O4S. The molecule has 1 aliphatic rings. The van der Waals surface area contributed by atoms with Crippen molar-refractivity contribution in [2.75, 3.05) is 50.0 Å². The van der Waals surface area contributed by atoms with Crippen molar-refractivity contribution in [1.29, 1.82) is 0 Å². The van der Waals surface area contributed by atoms with Gasteiger partial charge in [0.1, 0.15) is 0 Å². The van der Waals surface area contributed by atoms with Gasteiger partial charge < -0.3 is 10.1 Å². The fraction of sp³-hybridized carbons (Fsp3) is 0.409. The second-order valence-corrected chi connectivity index (χ2v) is 9.79. The monoisotopic (exact) mass is 465 g/mol. The maximum atomic E-state index is 12.4. The van der Waals surface area contributed by atoms with Crippen LogP contribution < -0.4 is 9.62 Å². The maximum absolute atomic E-state index is 12.4. The van der Waals surface area contributed by atoms with Crippen molar-refractivity contribution in [3.63, 3.8) is 0 Å². The molecule has 0 atom stereocenters. The van der Waals surface area contributed by atoms with E-state index in [4.69, 9.17) is 16.3 Å². The number of ether oxygens (including phenoxy) is 1. The number of anilines is 1. The fourth-order valence-electron chi connectivity index (χ4n) is 3.39. The predicted molar refractivity (Wildman–Crippen MR) is 123 cm³/mol. The second-order valence-electron chi connectivity index (χ2n) is 7.47. The number of morpholine rings is 1. The van der Waals surface area contributed by atoms with E-state index in [9.17, 15) is 13.2 Å². The number of nitrogens with one attached hydrogen (secondary N) is 1. The van der Waals surface area contributed by atoms with Crippen molar-refractivity contribution < 1.29 is 17.9 Å². The maximum Gasteiger partial charge on any atom is 0.251 e. The van der Waals surface area contributed by atoms with Gasteiger partial charge in [0.15, 0.2) is 0 Å². The summed E-state index contributed by atoms with van der Waals surface area (Å²) in [4.78, 5) is 14.7. The highest BCUT2D eigenvalue weighted by atomic mass is 35.5. The van der Waals surface area contributed by atoms with Gasteiger partial charge in [-0.15, -0.1) is 0 Å². The molecule has 0 spiro atoms. The summed E-state index contributed by atoms with van der Waals surface area (Å²) < 4.78 is 31.3. The molecule has 0 saturated carbocycles. The Morgan fingerprint density at radius 3 is 2.45 bits per heavy atom. The number of benzene rings is 2. The van der Waals surface area contributed by atoms with Crippen LogP contribution in [0.1, 0.15) is 22.3 Å². The topological polar surface area (TPSA) is 79.0 Å². The van der Waals surface area contributed by atoms with Gasteiger partial charge in [-0.3, -0.25) is 14.0 Å². The van der Waals surface area contributed by atoms with E-state index < -0.39 is 10.0 Å². The summed E-state index contributed by atoms with van der Waals surface area (Å²) in [6, 6.07) is 13.7. The number of hydrogen-bond donors (Lipinski definition) is 1. The van der Waals surface area contributed by atoms with Gasteiger partial charge in [-0.1, -0.05) is 29.8 Å². The third kappa shape index (κ3) is 6.93. The summed E-state index contributed by atoms with van der Waals surface area (Å²) in [7, 11) is -3.53. The zero-order valence-corrected chi connectivity index (χ0v) is 19.2. The number of sulfonamides is 1. The predicted octanol–water partition coefficient (Wildman–Crippen LogP) is 2.76. The minimum atomic E-state index is -3.53. The SMILES string of the molecule is CS(=O)(=O)N(Cc1ccccc1Cl)c1ccc(C(=O)NCCCN2CCOCC2)cc1. The Morgan fingerprint density at radius 2 is 1.81 bits per heavy atom. The average molecular weight is 466 g/mol. The lowest BCUT2D eigenvalue weighted by atomic mass is 10.1. The Bertz CT molecular complexity index is 977. The van der Waals surface area contributed by atoms with Crippen LogP contribution in [0, 0.1) is 0 Å².